The third-order valence-corrected chi connectivity index (χ3v) is 1.68. The first-order valence-corrected chi connectivity index (χ1v) is 5.02. The van der Waals surface area contributed by atoms with Crippen molar-refractivity contribution in [2.24, 2.45) is 5.92 Å². The number of hydrogen-bond donors (Lipinski definition) is 2. The molecule has 0 aliphatic rings. The van der Waals surface area contributed by atoms with E-state index < -0.39 is 11.8 Å². The summed E-state index contributed by atoms with van der Waals surface area (Å²) in [6.07, 6.45) is -0.790. The molecule has 0 aliphatic heterocycles. The van der Waals surface area contributed by atoms with Crippen molar-refractivity contribution in [3.05, 3.63) is 0 Å². The van der Waals surface area contributed by atoms with Crippen LogP contribution >= 0.6 is 0 Å². The third-order valence-electron chi connectivity index (χ3n) is 1.68. The lowest BCUT2D eigenvalue weighted by atomic mass is 10.1. The number of carbonyl (C=O) groups excluding carboxylic acids is 1. The summed E-state index contributed by atoms with van der Waals surface area (Å²) in [7, 11) is 0. The van der Waals surface area contributed by atoms with E-state index in [-0.39, 0.29) is 18.6 Å². The second-order valence-corrected chi connectivity index (χ2v) is 4.72. The fraction of sp³-hybridized carbons (Fsp3) is 0.900. The summed E-state index contributed by atoms with van der Waals surface area (Å²) in [5.74, 6) is 0.164. The minimum atomic E-state index is -0.790. The molecule has 5 nitrogen and oxygen atoms in total. The third kappa shape index (κ3) is 7.16. The molecule has 0 heterocycles. The zero-order valence-electron chi connectivity index (χ0n) is 10.0. The first kappa shape index (κ1) is 14.2. The smallest absolute Gasteiger partial charge is 0.427 e. The van der Waals surface area contributed by atoms with E-state index in [1.165, 1.54) is 0 Å². The Labute approximate surface area is 90.7 Å². The number of ether oxygens (including phenoxy) is 1. The van der Waals surface area contributed by atoms with Crippen molar-refractivity contribution >= 4 is 6.16 Å². The van der Waals surface area contributed by atoms with Gasteiger partial charge < -0.3 is 14.7 Å². The van der Waals surface area contributed by atoms with Gasteiger partial charge in [0, 0.05) is 0 Å². The Morgan fingerprint density at radius 1 is 1.40 bits per heavy atom. The summed E-state index contributed by atoms with van der Waals surface area (Å²) >= 11 is 0. The quantitative estimate of drug-likeness (QED) is 0.553. The van der Waals surface area contributed by atoms with Crippen LogP contribution in [-0.4, -0.2) is 29.5 Å². The number of nitrogens with one attached hydrogen (secondary N) is 1. The average Bonchev–Trinajstić information content (AvgIpc) is 2.01. The largest absolute Gasteiger partial charge is 0.528 e. The number of aliphatic hydroxyl groups is 1. The topological polar surface area (TPSA) is 67.8 Å². The lowest BCUT2D eigenvalue weighted by molar-refractivity contribution is -0.0484. The summed E-state index contributed by atoms with van der Waals surface area (Å²) in [5.41, 5.74) is 1.89. The summed E-state index contributed by atoms with van der Waals surface area (Å²) in [5, 5.41) is 8.95. The van der Waals surface area contributed by atoms with E-state index in [1.807, 2.05) is 13.8 Å². The monoisotopic (exact) mass is 219 g/mol. The molecule has 0 fully saturated rings. The van der Waals surface area contributed by atoms with Gasteiger partial charge in [-0.1, -0.05) is 13.8 Å². The van der Waals surface area contributed by atoms with Crippen molar-refractivity contribution < 1.29 is 19.5 Å². The van der Waals surface area contributed by atoms with Gasteiger partial charge in [-0.3, -0.25) is 0 Å². The van der Waals surface area contributed by atoms with Crippen LogP contribution < -0.4 is 5.48 Å². The molecule has 0 saturated heterocycles. The minimum Gasteiger partial charge on any atom is -0.427 e. The highest BCUT2D eigenvalue weighted by Crippen LogP contribution is 2.08. The highest BCUT2D eigenvalue weighted by atomic mass is 16.8. The van der Waals surface area contributed by atoms with Crippen LogP contribution in [0, 0.1) is 5.92 Å². The molecular weight excluding hydrogens is 198 g/mol. The Hall–Kier alpha value is -0.810. The Morgan fingerprint density at radius 3 is 2.27 bits per heavy atom. The molecule has 1 atom stereocenters. The van der Waals surface area contributed by atoms with Crippen molar-refractivity contribution in [1.29, 1.82) is 0 Å². The number of hydroxylamine groups is 1. The van der Waals surface area contributed by atoms with Crippen LogP contribution in [0.5, 0.6) is 0 Å². The maximum absolute atomic E-state index is 11.1. The van der Waals surface area contributed by atoms with Crippen LogP contribution in [0.2, 0.25) is 0 Å². The van der Waals surface area contributed by atoms with E-state index in [1.54, 1.807) is 20.8 Å². The normalized spacial score (nSPS) is 13.8. The van der Waals surface area contributed by atoms with E-state index in [2.05, 4.69) is 10.3 Å². The molecule has 2 N–H and O–H groups in total. The predicted molar refractivity (Wildman–Crippen MR) is 56.2 cm³/mol. The molecule has 0 bridgehead atoms. The van der Waals surface area contributed by atoms with Crippen molar-refractivity contribution in [3.8, 4) is 0 Å². The van der Waals surface area contributed by atoms with Gasteiger partial charge in [-0.05, 0) is 26.7 Å². The van der Waals surface area contributed by atoms with Gasteiger partial charge in [-0.15, -0.1) is 5.48 Å². The fourth-order valence-corrected chi connectivity index (χ4v) is 0.779. The van der Waals surface area contributed by atoms with Gasteiger partial charge in [-0.2, -0.15) is 0 Å². The van der Waals surface area contributed by atoms with Crippen LogP contribution in [0.3, 0.4) is 0 Å². The Kier molecular flexibility index (Phi) is 5.60. The maximum atomic E-state index is 11.1. The van der Waals surface area contributed by atoms with Crippen molar-refractivity contribution in [1.82, 2.24) is 5.48 Å². The second kappa shape index (κ2) is 5.92. The van der Waals surface area contributed by atoms with Crippen LogP contribution in [0.15, 0.2) is 0 Å². The Morgan fingerprint density at radius 2 is 1.93 bits per heavy atom. The highest BCUT2D eigenvalue weighted by molar-refractivity contribution is 5.60. The van der Waals surface area contributed by atoms with Crippen molar-refractivity contribution in [2.75, 3.05) is 6.61 Å². The molecule has 0 spiro atoms. The number of rotatable bonds is 4. The summed E-state index contributed by atoms with van der Waals surface area (Å²) in [6, 6.07) is -0.280. The number of aliphatic hydroxyl groups excluding tert-OH is 1. The number of hydrogen-bond acceptors (Lipinski definition) is 5. The zero-order valence-corrected chi connectivity index (χ0v) is 10.0. The molecule has 0 saturated carbocycles. The zero-order chi connectivity index (χ0) is 12.1. The van der Waals surface area contributed by atoms with Gasteiger partial charge in [0.1, 0.15) is 5.60 Å². The first-order chi connectivity index (χ1) is 6.76. The van der Waals surface area contributed by atoms with E-state index in [4.69, 9.17) is 9.84 Å². The van der Waals surface area contributed by atoms with Gasteiger partial charge in [0.25, 0.3) is 0 Å². The van der Waals surface area contributed by atoms with E-state index >= 15 is 0 Å². The average molecular weight is 219 g/mol. The molecule has 90 valence electrons. The molecule has 5 heteroatoms. The van der Waals surface area contributed by atoms with Gasteiger partial charge in [0.05, 0.1) is 12.6 Å². The molecule has 0 amide bonds. The highest BCUT2D eigenvalue weighted by Gasteiger charge is 2.20. The molecule has 0 aliphatic carbocycles. The predicted octanol–water partition coefficient (Wildman–Crippen LogP) is 1.46. The Bertz CT molecular complexity index is 198. The molecule has 0 aromatic heterocycles. The van der Waals surface area contributed by atoms with E-state index in [9.17, 15) is 4.79 Å². The van der Waals surface area contributed by atoms with Gasteiger partial charge in [0.2, 0.25) is 0 Å². The summed E-state index contributed by atoms with van der Waals surface area (Å²) in [4.78, 5) is 15.8. The molecule has 0 aromatic carbocycles. The fourth-order valence-electron chi connectivity index (χ4n) is 0.779. The van der Waals surface area contributed by atoms with Gasteiger partial charge in [-0.25, -0.2) is 4.79 Å². The van der Waals surface area contributed by atoms with Crippen LogP contribution in [0.4, 0.5) is 4.79 Å². The molecule has 0 radical (unpaired) electrons. The van der Waals surface area contributed by atoms with E-state index in [0.29, 0.717) is 0 Å². The standard InChI is InChI=1S/C10H21NO4/c1-7(2)8(6-12)11-15-9(13)14-10(3,4)5/h7-8,11-12H,6H2,1-5H3/t8-/m1/s1. The van der Waals surface area contributed by atoms with Crippen LogP contribution in [-0.2, 0) is 9.57 Å². The molecular formula is C10H21NO4. The second-order valence-electron chi connectivity index (χ2n) is 4.72. The van der Waals surface area contributed by atoms with Gasteiger partial charge >= 0.3 is 6.16 Å². The lowest BCUT2D eigenvalue weighted by Gasteiger charge is -2.22. The number of carbonyl (C=O) groups is 1. The summed E-state index contributed by atoms with van der Waals surface area (Å²) < 4.78 is 4.91. The maximum Gasteiger partial charge on any atom is 0.528 e. The molecule has 0 unspecified atom stereocenters. The lowest BCUT2D eigenvalue weighted by Crippen LogP contribution is -2.39. The first-order valence-electron chi connectivity index (χ1n) is 5.02. The molecule has 0 aromatic rings. The van der Waals surface area contributed by atoms with Gasteiger partial charge in [0.15, 0.2) is 0 Å². The van der Waals surface area contributed by atoms with Crippen molar-refractivity contribution in [3.63, 3.8) is 0 Å². The Balaban J connectivity index is 3.89. The SMILES string of the molecule is CC(C)[C@@H](CO)NOC(=O)OC(C)(C)C. The van der Waals surface area contributed by atoms with E-state index in [0.717, 1.165) is 0 Å². The van der Waals surface area contributed by atoms with Crippen LogP contribution in [0.25, 0.3) is 0 Å². The molecule has 15 heavy (non-hydrogen) atoms. The van der Waals surface area contributed by atoms with Crippen molar-refractivity contribution in [2.45, 2.75) is 46.3 Å². The minimum absolute atomic E-state index is 0.0968. The molecule has 0 rings (SSSR count). The van der Waals surface area contributed by atoms with Crippen LogP contribution in [0.1, 0.15) is 34.6 Å². The summed E-state index contributed by atoms with van der Waals surface area (Å²) in [6.45, 7) is 8.97.